The van der Waals surface area contributed by atoms with Crippen molar-refractivity contribution in [2.24, 2.45) is 4.99 Å². The Morgan fingerprint density at radius 3 is 2.61 bits per heavy atom. The van der Waals surface area contributed by atoms with Gasteiger partial charge in [0.25, 0.3) is 0 Å². The highest BCUT2D eigenvalue weighted by Gasteiger charge is 2.15. The number of rotatable bonds is 2. The molecule has 4 rings (SSSR count). The second-order valence-electron chi connectivity index (χ2n) is 5.14. The molecule has 0 fully saturated rings. The van der Waals surface area contributed by atoms with Gasteiger partial charge in [0.2, 0.25) is 5.88 Å². The fraction of sp³-hybridized carbons (Fsp3) is 0. The van der Waals surface area contributed by atoms with Crippen molar-refractivity contribution >= 4 is 34.9 Å². The molecule has 0 bridgehead atoms. The van der Waals surface area contributed by atoms with E-state index in [1.54, 1.807) is 6.21 Å². The number of fused-ring (bicyclic) bond motifs is 1. The number of hydrogen-bond donors (Lipinski definition) is 2. The van der Waals surface area contributed by atoms with Crippen molar-refractivity contribution in [1.29, 1.82) is 5.41 Å². The van der Waals surface area contributed by atoms with E-state index < -0.39 is 0 Å². The molecular weight excluding hydrogens is 306 g/mol. The predicted molar refractivity (Wildman–Crippen MR) is 93.6 cm³/mol. The van der Waals surface area contributed by atoms with E-state index in [1.807, 2.05) is 60.7 Å². The fourth-order valence-electron chi connectivity index (χ4n) is 2.61. The molecule has 112 valence electrons. The van der Waals surface area contributed by atoms with Gasteiger partial charge in [-0.3, -0.25) is 15.0 Å². The number of thiazole rings is 1. The van der Waals surface area contributed by atoms with Crippen molar-refractivity contribution in [3.05, 3.63) is 69.8 Å². The number of allylic oxidation sites excluding steroid dienone is 1. The summed E-state index contributed by atoms with van der Waals surface area (Å²) >= 11 is 1.24. The van der Waals surface area contributed by atoms with E-state index in [0.29, 0.717) is 4.88 Å². The largest absolute Gasteiger partial charge is 0.493 e. The van der Waals surface area contributed by atoms with Crippen molar-refractivity contribution < 1.29 is 5.11 Å². The number of para-hydroxylation sites is 2. The third kappa shape index (κ3) is 2.31. The number of hydrogen-bond acceptors (Lipinski definition) is 4. The van der Waals surface area contributed by atoms with Gasteiger partial charge in [-0.15, -0.1) is 0 Å². The van der Waals surface area contributed by atoms with Gasteiger partial charge in [0, 0.05) is 17.4 Å². The van der Waals surface area contributed by atoms with E-state index in [2.05, 4.69) is 4.99 Å². The molecule has 2 aromatic carbocycles. The van der Waals surface area contributed by atoms with Crippen molar-refractivity contribution in [2.45, 2.75) is 0 Å². The minimum atomic E-state index is 0.0801. The van der Waals surface area contributed by atoms with Gasteiger partial charge in [-0.2, -0.15) is 0 Å². The van der Waals surface area contributed by atoms with E-state index in [4.69, 9.17) is 5.41 Å². The summed E-state index contributed by atoms with van der Waals surface area (Å²) in [6.07, 6.45) is 3.67. The van der Waals surface area contributed by atoms with Crippen LogP contribution in [0.1, 0.15) is 10.4 Å². The Bertz CT molecular complexity index is 997. The van der Waals surface area contributed by atoms with Gasteiger partial charge in [0.05, 0.1) is 16.3 Å². The highest BCUT2D eigenvalue weighted by atomic mass is 32.1. The molecule has 2 heterocycles. The van der Waals surface area contributed by atoms with Gasteiger partial charge in [0.15, 0.2) is 4.80 Å². The smallest absolute Gasteiger partial charge is 0.215 e. The molecule has 23 heavy (non-hydrogen) atoms. The van der Waals surface area contributed by atoms with Gasteiger partial charge in [0.1, 0.15) is 0 Å². The van der Waals surface area contributed by atoms with Crippen LogP contribution in [0.25, 0.3) is 17.3 Å². The molecule has 0 amide bonds. The lowest BCUT2D eigenvalue weighted by atomic mass is 10.1. The zero-order valence-electron chi connectivity index (χ0n) is 12.1. The van der Waals surface area contributed by atoms with Crippen LogP contribution in [0.15, 0.2) is 59.6 Å². The monoisotopic (exact) mass is 319 g/mol. The average Bonchev–Trinajstić information content (AvgIpc) is 3.10. The Balaban J connectivity index is 1.83. The van der Waals surface area contributed by atoms with Gasteiger partial charge in [-0.25, -0.2) is 0 Å². The van der Waals surface area contributed by atoms with Crippen LogP contribution in [0.4, 0.5) is 5.69 Å². The summed E-state index contributed by atoms with van der Waals surface area (Å²) in [6, 6.07) is 17.3. The molecule has 0 atom stereocenters. The Hall–Kier alpha value is -2.92. The zero-order valence-corrected chi connectivity index (χ0v) is 12.9. The fourth-order valence-corrected chi connectivity index (χ4v) is 3.47. The molecule has 1 aliphatic rings. The highest BCUT2D eigenvalue weighted by Crippen LogP contribution is 2.34. The zero-order chi connectivity index (χ0) is 15.8. The first-order valence-corrected chi connectivity index (χ1v) is 7.96. The van der Waals surface area contributed by atoms with Crippen LogP contribution in [-0.2, 0) is 0 Å². The van der Waals surface area contributed by atoms with Crippen molar-refractivity contribution in [2.75, 3.05) is 0 Å². The summed E-state index contributed by atoms with van der Waals surface area (Å²) in [6.45, 7) is 0. The topological polar surface area (TPSA) is 61.4 Å². The number of aliphatic imine (C=N–C) groups is 1. The second-order valence-corrected chi connectivity index (χ2v) is 6.17. The van der Waals surface area contributed by atoms with E-state index in [9.17, 15) is 5.11 Å². The van der Waals surface area contributed by atoms with E-state index >= 15 is 0 Å². The third-order valence-electron chi connectivity index (χ3n) is 3.70. The molecule has 0 unspecified atom stereocenters. The van der Waals surface area contributed by atoms with Gasteiger partial charge < -0.3 is 5.11 Å². The number of benzene rings is 2. The summed E-state index contributed by atoms with van der Waals surface area (Å²) < 4.78 is 1.54. The van der Waals surface area contributed by atoms with Gasteiger partial charge in [-0.05, 0) is 24.3 Å². The first-order chi connectivity index (χ1) is 11.2. The lowest BCUT2D eigenvalue weighted by Crippen LogP contribution is -2.09. The molecule has 1 aliphatic heterocycles. The molecule has 4 nitrogen and oxygen atoms in total. The van der Waals surface area contributed by atoms with Crippen molar-refractivity contribution in [3.8, 4) is 11.6 Å². The molecule has 3 aromatic rings. The molecule has 0 aliphatic carbocycles. The minimum absolute atomic E-state index is 0.0801. The maximum Gasteiger partial charge on any atom is 0.215 e. The molecule has 2 N–H and O–H groups in total. The lowest BCUT2D eigenvalue weighted by Gasteiger charge is -2.04. The lowest BCUT2D eigenvalue weighted by molar-refractivity contribution is 0.438. The van der Waals surface area contributed by atoms with E-state index in [0.717, 1.165) is 22.5 Å². The quantitative estimate of drug-likeness (QED) is 0.737. The maximum absolute atomic E-state index is 10.5. The van der Waals surface area contributed by atoms with Crippen LogP contribution in [-0.4, -0.2) is 15.9 Å². The van der Waals surface area contributed by atoms with Crippen LogP contribution in [0.3, 0.4) is 0 Å². The molecule has 0 saturated heterocycles. The Morgan fingerprint density at radius 2 is 1.78 bits per heavy atom. The predicted octanol–water partition coefficient (Wildman–Crippen LogP) is 3.98. The summed E-state index contributed by atoms with van der Waals surface area (Å²) in [5.74, 6) is 0.0801. The third-order valence-corrected chi connectivity index (χ3v) is 4.60. The molecule has 0 saturated carbocycles. The summed E-state index contributed by atoms with van der Waals surface area (Å²) in [4.78, 5) is 5.30. The molecular formula is C18H13N3OS. The van der Waals surface area contributed by atoms with Gasteiger partial charge >= 0.3 is 0 Å². The minimum Gasteiger partial charge on any atom is -0.493 e. The summed E-state index contributed by atoms with van der Waals surface area (Å²) in [5, 5.41) is 18.7. The van der Waals surface area contributed by atoms with Crippen LogP contribution in [0.5, 0.6) is 5.88 Å². The van der Waals surface area contributed by atoms with Gasteiger partial charge in [-0.1, -0.05) is 47.7 Å². The number of aromatic hydroxyl groups is 1. The second kappa shape index (κ2) is 5.37. The molecule has 0 radical (unpaired) electrons. The van der Waals surface area contributed by atoms with Crippen molar-refractivity contribution in [1.82, 2.24) is 4.57 Å². The summed E-state index contributed by atoms with van der Waals surface area (Å²) in [5.41, 5.74) is 3.68. The summed E-state index contributed by atoms with van der Waals surface area (Å²) in [7, 11) is 0. The Morgan fingerprint density at radius 1 is 1.04 bits per heavy atom. The first-order valence-electron chi connectivity index (χ1n) is 7.14. The molecule has 1 aromatic heterocycles. The Labute approximate surface area is 136 Å². The SMILES string of the molecule is N=c1sc(/C=C2/C=Nc3ccccc32)c(O)n1-c1ccccc1. The average molecular weight is 319 g/mol. The normalized spacial score (nSPS) is 14.3. The number of nitrogens with zero attached hydrogens (tertiary/aromatic N) is 2. The van der Waals surface area contributed by atoms with Crippen LogP contribution >= 0.6 is 11.3 Å². The maximum atomic E-state index is 10.5. The molecule has 5 heteroatoms. The standard InChI is InChI=1S/C18H13N3OS/c19-18-21(13-6-2-1-3-7-13)17(22)16(23-18)10-12-11-20-15-9-5-4-8-14(12)15/h1-11,19,22H/b12-10-,19-18?. The van der Waals surface area contributed by atoms with E-state index in [-0.39, 0.29) is 10.7 Å². The van der Waals surface area contributed by atoms with Crippen LogP contribution < -0.4 is 4.80 Å². The van der Waals surface area contributed by atoms with Crippen molar-refractivity contribution in [3.63, 3.8) is 0 Å². The Kier molecular flexibility index (Phi) is 3.20. The first kappa shape index (κ1) is 13.7. The molecule has 0 spiro atoms. The number of nitrogens with one attached hydrogen (secondary N) is 1. The van der Waals surface area contributed by atoms with Crippen LogP contribution in [0, 0.1) is 5.41 Å². The highest BCUT2D eigenvalue weighted by molar-refractivity contribution is 7.10. The van der Waals surface area contributed by atoms with Crippen LogP contribution in [0.2, 0.25) is 0 Å². The van der Waals surface area contributed by atoms with E-state index in [1.165, 1.54) is 15.9 Å². The number of aromatic nitrogens is 1.